The third-order valence-corrected chi connectivity index (χ3v) is 2.93. The molecule has 0 radical (unpaired) electrons. The maximum absolute atomic E-state index is 11.5. The second-order valence-corrected chi connectivity index (χ2v) is 5.04. The maximum atomic E-state index is 11.5. The van der Waals surface area contributed by atoms with E-state index in [2.05, 4.69) is 34.9 Å². The molecule has 2 aromatic rings. The second kappa shape index (κ2) is 6.75. The highest BCUT2D eigenvalue weighted by molar-refractivity contribution is 5.74. The zero-order valence-electron chi connectivity index (χ0n) is 11.9. The first kappa shape index (κ1) is 14.1. The molecule has 0 heterocycles. The van der Waals surface area contributed by atoms with E-state index in [1.807, 2.05) is 44.2 Å². The van der Waals surface area contributed by atoms with Crippen molar-refractivity contribution < 1.29 is 4.79 Å². The summed E-state index contributed by atoms with van der Waals surface area (Å²) < 4.78 is 0. The van der Waals surface area contributed by atoms with Gasteiger partial charge in [0.05, 0.1) is 0 Å². The van der Waals surface area contributed by atoms with Gasteiger partial charge >= 0.3 is 6.03 Å². The molecule has 0 fully saturated rings. The molecule has 0 aliphatic heterocycles. The quantitative estimate of drug-likeness (QED) is 0.874. The Kier molecular flexibility index (Phi) is 4.77. The van der Waals surface area contributed by atoms with Gasteiger partial charge in [0.2, 0.25) is 0 Å². The van der Waals surface area contributed by atoms with Gasteiger partial charge in [-0.3, -0.25) is 0 Å². The van der Waals surface area contributed by atoms with Crippen molar-refractivity contribution in [3.05, 3.63) is 60.2 Å². The molecular weight excluding hydrogens is 248 g/mol. The van der Waals surface area contributed by atoms with Crippen LogP contribution in [0, 0.1) is 0 Å². The fourth-order valence-electron chi connectivity index (χ4n) is 1.94. The van der Waals surface area contributed by atoms with Crippen LogP contribution in [0.25, 0.3) is 11.1 Å². The van der Waals surface area contributed by atoms with Gasteiger partial charge in [0.25, 0.3) is 0 Å². The molecule has 0 spiro atoms. The summed E-state index contributed by atoms with van der Waals surface area (Å²) in [5, 5.41) is 5.64. The van der Waals surface area contributed by atoms with Crippen LogP contribution in [0.1, 0.15) is 19.4 Å². The maximum Gasteiger partial charge on any atom is 0.315 e. The van der Waals surface area contributed by atoms with Gasteiger partial charge in [0, 0.05) is 12.6 Å². The summed E-state index contributed by atoms with van der Waals surface area (Å²) >= 11 is 0. The van der Waals surface area contributed by atoms with Crippen LogP contribution in [0.4, 0.5) is 4.79 Å². The molecular formula is C17H20N2O. The van der Waals surface area contributed by atoms with Crippen molar-refractivity contribution in [3.8, 4) is 11.1 Å². The average Bonchev–Trinajstić information content (AvgIpc) is 2.46. The third kappa shape index (κ3) is 4.12. The number of hydrogen-bond donors (Lipinski definition) is 2. The zero-order chi connectivity index (χ0) is 14.4. The largest absolute Gasteiger partial charge is 0.336 e. The summed E-state index contributed by atoms with van der Waals surface area (Å²) in [4.78, 5) is 11.5. The summed E-state index contributed by atoms with van der Waals surface area (Å²) in [5.74, 6) is 0. The molecule has 2 N–H and O–H groups in total. The number of amides is 2. The van der Waals surface area contributed by atoms with E-state index in [4.69, 9.17) is 0 Å². The van der Waals surface area contributed by atoms with E-state index in [9.17, 15) is 4.79 Å². The first-order valence-electron chi connectivity index (χ1n) is 6.84. The minimum atomic E-state index is -0.132. The Bertz CT molecular complexity index is 547. The first-order chi connectivity index (χ1) is 9.65. The normalized spacial score (nSPS) is 10.3. The topological polar surface area (TPSA) is 41.1 Å². The first-order valence-corrected chi connectivity index (χ1v) is 6.84. The van der Waals surface area contributed by atoms with Crippen molar-refractivity contribution >= 4 is 6.03 Å². The zero-order valence-corrected chi connectivity index (χ0v) is 11.9. The number of carbonyl (C=O) groups is 1. The molecule has 3 heteroatoms. The SMILES string of the molecule is CC(C)NC(=O)NCc1ccc(-c2ccccc2)cc1. The molecule has 0 aromatic heterocycles. The standard InChI is InChI=1S/C17H20N2O/c1-13(2)19-17(20)18-12-14-8-10-16(11-9-14)15-6-4-3-5-7-15/h3-11,13H,12H2,1-2H3,(H2,18,19,20). The predicted molar refractivity (Wildman–Crippen MR) is 82.4 cm³/mol. The van der Waals surface area contributed by atoms with Gasteiger partial charge < -0.3 is 10.6 Å². The van der Waals surface area contributed by atoms with Crippen molar-refractivity contribution in [1.82, 2.24) is 10.6 Å². The number of carbonyl (C=O) groups excluding carboxylic acids is 1. The molecule has 3 nitrogen and oxygen atoms in total. The Labute approximate surface area is 120 Å². The number of hydrogen-bond acceptors (Lipinski definition) is 1. The van der Waals surface area contributed by atoms with Gasteiger partial charge in [-0.1, -0.05) is 54.6 Å². The van der Waals surface area contributed by atoms with Crippen molar-refractivity contribution in [2.75, 3.05) is 0 Å². The fourth-order valence-corrected chi connectivity index (χ4v) is 1.94. The average molecular weight is 268 g/mol. The van der Waals surface area contributed by atoms with Gasteiger partial charge in [-0.2, -0.15) is 0 Å². The third-order valence-electron chi connectivity index (χ3n) is 2.93. The van der Waals surface area contributed by atoms with Crippen LogP contribution in [0.2, 0.25) is 0 Å². The highest BCUT2D eigenvalue weighted by Crippen LogP contribution is 2.19. The lowest BCUT2D eigenvalue weighted by molar-refractivity contribution is 0.238. The Hall–Kier alpha value is -2.29. The number of rotatable bonds is 4. The van der Waals surface area contributed by atoms with Crippen LogP contribution >= 0.6 is 0 Å². The highest BCUT2D eigenvalue weighted by Gasteiger charge is 2.02. The Balaban J connectivity index is 1.94. The van der Waals surface area contributed by atoms with Gasteiger partial charge in [-0.05, 0) is 30.5 Å². The number of urea groups is 1. The lowest BCUT2D eigenvalue weighted by Gasteiger charge is -2.10. The Morgan fingerprint density at radius 2 is 1.55 bits per heavy atom. The van der Waals surface area contributed by atoms with Gasteiger partial charge in [-0.15, -0.1) is 0 Å². The van der Waals surface area contributed by atoms with Crippen molar-refractivity contribution in [2.45, 2.75) is 26.4 Å². The molecule has 0 unspecified atom stereocenters. The van der Waals surface area contributed by atoms with Crippen molar-refractivity contribution in [2.24, 2.45) is 0 Å². The molecule has 0 aliphatic carbocycles. The molecule has 2 amide bonds. The van der Waals surface area contributed by atoms with E-state index in [-0.39, 0.29) is 12.1 Å². The van der Waals surface area contributed by atoms with E-state index < -0.39 is 0 Å². The van der Waals surface area contributed by atoms with Gasteiger partial charge in [0.1, 0.15) is 0 Å². The molecule has 2 rings (SSSR count). The molecule has 2 aromatic carbocycles. The van der Waals surface area contributed by atoms with E-state index >= 15 is 0 Å². The molecule has 0 atom stereocenters. The Morgan fingerprint density at radius 3 is 2.15 bits per heavy atom. The highest BCUT2D eigenvalue weighted by atomic mass is 16.2. The molecule has 0 saturated carbocycles. The smallest absolute Gasteiger partial charge is 0.315 e. The minimum Gasteiger partial charge on any atom is -0.336 e. The minimum absolute atomic E-state index is 0.132. The summed E-state index contributed by atoms with van der Waals surface area (Å²) in [6, 6.07) is 18.5. The summed E-state index contributed by atoms with van der Waals surface area (Å²) in [6.07, 6.45) is 0. The molecule has 104 valence electrons. The Morgan fingerprint density at radius 1 is 0.950 bits per heavy atom. The van der Waals surface area contributed by atoms with Crippen LogP contribution in [0.15, 0.2) is 54.6 Å². The molecule has 20 heavy (non-hydrogen) atoms. The van der Waals surface area contributed by atoms with Crippen molar-refractivity contribution in [3.63, 3.8) is 0 Å². The summed E-state index contributed by atoms with van der Waals surface area (Å²) in [7, 11) is 0. The van der Waals surface area contributed by atoms with Crippen LogP contribution < -0.4 is 10.6 Å². The van der Waals surface area contributed by atoms with E-state index in [1.54, 1.807) is 0 Å². The lowest BCUT2D eigenvalue weighted by atomic mass is 10.0. The van der Waals surface area contributed by atoms with E-state index in [1.165, 1.54) is 11.1 Å². The van der Waals surface area contributed by atoms with Crippen LogP contribution in [0.5, 0.6) is 0 Å². The summed E-state index contributed by atoms with van der Waals surface area (Å²) in [6.45, 7) is 4.41. The van der Waals surface area contributed by atoms with Crippen LogP contribution in [-0.2, 0) is 6.54 Å². The van der Waals surface area contributed by atoms with E-state index in [0.717, 1.165) is 5.56 Å². The van der Waals surface area contributed by atoms with Crippen LogP contribution in [0.3, 0.4) is 0 Å². The number of nitrogens with one attached hydrogen (secondary N) is 2. The van der Waals surface area contributed by atoms with Gasteiger partial charge in [-0.25, -0.2) is 4.79 Å². The lowest BCUT2D eigenvalue weighted by Crippen LogP contribution is -2.38. The fraction of sp³-hybridized carbons (Fsp3) is 0.235. The van der Waals surface area contributed by atoms with Crippen molar-refractivity contribution in [1.29, 1.82) is 0 Å². The second-order valence-electron chi connectivity index (χ2n) is 5.04. The van der Waals surface area contributed by atoms with Gasteiger partial charge in [0.15, 0.2) is 0 Å². The molecule has 0 saturated heterocycles. The van der Waals surface area contributed by atoms with E-state index in [0.29, 0.717) is 6.54 Å². The number of benzene rings is 2. The van der Waals surface area contributed by atoms with Crippen LogP contribution in [-0.4, -0.2) is 12.1 Å². The predicted octanol–water partition coefficient (Wildman–Crippen LogP) is 3.56. The summed E-state index contributed by atoms with van der Waals surface area (Å²) in [5.41, 5.74) is 3.47. The monoisotopic (exact) mass is 268 g/mol. The molecule has 0 aliphatic rings. The molecule has 0 bridgehead atoms.